The first kappa shape index (κ1) is 19.0. The van der Waals surface area contributed by atoms with Gasteiger partial charge in [0.15, 0.2) is 0 Å². The molecule has 1 saturated heterocycles. The Hall–Kier alpha value is -3.95. The van der Waals surface area contributed by atoms with Gasteiger partial charge in [-0.1, -0.05) is 0 Å². The van der Waals surface area contributed by atoms with Gasteiger partial charge in [-0.25, -0.2) is 19.5 Å². The van der Waals surface area contributed by atoms with Crippen LogP contribution in [0.15, 0.2) is 49.1 Å². The Kier molecular flexibility index (Phi) is 4.73. The van der Waals surface area contributed by atoms with Crippen molar-refractivity contribution in [1.29, 1.82) is 0 Å². The van der Waals surface area contributed by atoms with E-state index in [4.69, 9.17) is 4.74 Å². The van der Waals surface area contributed by atoms with Crippen molar-refractivity contribution in [3.63, 3.8) is 0 Å². The van der Waals surface area contributed by atoms with Gasteiger partial charge in [0.2, 0.25) is 0 Å². The number of nitrogens with zero attached hydrogens (tertiary/aromatic N) is 6. The summed E-state index contributed by atoms with van der Waals surface area (Å²) in [6.45, 7) is 0.980. The first-order valence-corrected chi connectivity index (χ1v) is 10.0. The van der Waals surface area contributed by atoms with Crippen LogP contribution in [0, 0.1) is 0 Å². The molecular formula is C21H21N7O3. The lowest BCUT2D eigenvalue weighted by atomic mass is 10.2. The second-order valence-electron chi connectivity index (χ2n) is 7.55. The summed E-state index contributed by atoms with van der Waals surface area (Å²) in [7, 11) is 1.85. The maximum atomic E-state index is 12.4. The number of hydrogen-bond donors (Lipinski definition) is 1. The Balaban J connectivity index is 1.21. The van der Waals surface area contributed by atoms with E-state index in [1.54, 1.807) is 40.2 Å². The average Bonchev–Trinajstić information content (AvgIpc) is 3.40. The molecule has 1 saturated carbocycles. The molecule has 4 amide bonds. The molecule has 0 spiro atoms. The molecule has 3 aromatic heterocycles. The Morgan fingerprint density at radius 1 is 1.13 bits per heavy atom. The van der Waals surface area contributed by atoms with Crippen LogP contribution in [-0.4, -0.2) is 60.7 Å². The van der Waals surface area contributed by atoms with Crippen molar-refractivity contribution in [2.75, 3.05) is 18.4 Å². The van der Waals surface area contributed by atoms with Gasteiger partial charge >= 0.3 is 12.1 Å². The number of aromatic nitrogens is 4. The molecular weight excluding hydrogens is 398 g/mol. The molecule has 1 N–H and O–H groups in total. The molecule has 31 heavy (non-hydrogen) atoms. The number of rotatable bonds is 5. The summed E-state index contributed by atoms with van der Waals surface area (Å²) in [4.78, 5) is 36.3. The van der Waals surface area contributed by atoms with Crippen molar-refractivity contribution in [2.45, 2.75) is 18.9 Å². The van der Waals surface area contributed by atoms with E-state index in [9.17, 15) is 9.59 Å². The number of imide groups is 1. The van der Waals surface area contributed by atoms with Gasteiger partial charge in [-0.15, -0.1) is 0 Å². The van der Waals surface area contributed by atoms with E-state index in [0.29, 0.717) is 36.4 Å². The zero-order valence-electron chi connectivity index (χ0n) is 16.9. The lowest BCUT2D eigenvalue weighted by Gasteiger charge is -2.17. The van der Waals surface area contributed by atoms with Crippen LogP contribution >= 0.6 is 0 Å². The van der Waals surface area contributed by atoms with Gasteiger partial charge in [-0.05, 0) is 31.0 Å². The topological polar surface area (TPSA) is 105 Å². The lowest BCUT2D eigenvalue weighted by Crippen LogP contribution is -2.39. The highest BCUT2D eigenvalue weighted by atomic mass is 16.5. The third kappa shape index (κ3) is 4.04. The number of hydrogen-bond acceptors (Lipinski definition) is 6. The standard InChI is InChI=1S/C21H21N7O3/c1-26-13-14(11-24-26)18-10-16(6-7-22-18)31-17-4-5-19(23-12-17)25-20(29)28-9-8-27(21(28)30)15-2-3-15/h4-7,10-13,15H,2-3,8-9H2,1H3,(H,23,25,29). The Labute approximate surface area is 178 Å². The molecule has 3 aromatic rings. The van der Waals surface area contributed by atoms with E-state index < -0.39 is 6.03 Å². The third-order valence-corrected chi connectivity index (χ3v) is 5.21. The van der Waals surface area contributed by atoms with Gasteiger partial charge < -0.3 is 9.64 Å². The maximum Gasteiger partial charge on any atom is 0.331 e. The van der Waals surface area contributed by atoms with E-state index in [-0.39, 0.29) is 6.03 Å². The molecule has 1 aliphatic heterocycles. The summed E-state index contributed by atoms with van der Waals surface area (Å²) in [6, 6.07) is 6.50. The van der Waals surface area contributed by atoms with Crippen LogP contribution in [0.2, 0.25) is 0 Å². The molecule has 0 bridgehead atoms. The zero-order chi connectivity index (χ0) is 21.4. The van der Waals surface area contributed by atoms with Crippen LogP contribution in [0.4, 0.5) is 15.4 Å². The first-order chi connectivity index (χ1) is 15.1. The van der Waals surface area contributed by atoms with Crippen LogP contribution in [0.25, 0.3) is 11.3 Å². The summed E-state index contributed by atoms with van der Waals surface area (Å²) in [5.74, 6) is 1.47. The fraction of sp³-hybridized carbons (Fsp3) is 0.286. The third-order valence-electron chi connectivity index (χ3n) is 5.21. The number of amides is 4. The predicted octanol–water partition coefficient (Wildman–Crippen LogP) is 3.10. The lowest BCUT2D eigenvalue weighted by molar-refractivity contribution is 0.189. The predicted molar refractivity (Wildman–Crippen MR) is 112 cm³/mol. The highest BCUT2D eigenvalue weighted by Gasteiger charge is 2.41. The quantitative estimate of drug-likeness (QED) is 0.681. The largest absolute Gasteiger partial charge is 0.456 e. The van der Waals surface area contributed by atoms with Crippen LogP contribution in [-0.2, 0) is 7.05 Å². The molecule has 158 valence electrons. The van der Waals surface area contributed by atoms with E-state index in [0.717, 1.165) is 24.1 Å². The van der Waals surface area contributed by atoms with Crippen LogP contribution < -0.4 is 10.1 Å². The number of aryl methyl sites for hydroxylation is 1. The van der Waals surface area contributed by atoms with Gasteiger partial charge in [-0.2, -0.15) is 5.10 Å². The van der Waals surface area contributed by atoms with Gasteiger partial charge in [0.05, 0.1) is 18.1 Å². The highest BCUT2D eigenvalue weighted by molar-refractivity contribution is 6.01. The molecule has 1 aliphatic carbocycles. The Morgan fingerprint density at radius 2 is 2.00 bits per heavy atom. The minimum atomic E-state index is -0.468. The number of pyridine rings is 2. The summed E-state index contributed by atoms with van der Waals surface area (Å²) in [5, 5.41) is 6.82. The number of carbonyl (C=O) groups is 2. The van der Waals surface area contributed by atoms with Crippen LogP contribution in [0.5, 0.6) is 11.5 Å². The molecule has 4 heterocycles. The summed E-state index contributed by atoms with van der Waals surface area (Å²) < 4.78 is 7.57. The zero-order valence-corrected chi connectivity index (χ0v) is 16.9. The van der Waals surface area contributed by atoms with Gasteiger partial charge in [0, 0.05) is 50.2 Å². The number of urea groups is 2. The van der Waals surface area contributed by atoms with E-state index in [2.05, 4.69) is 20.4 Å². The monoisotopic (exact) mass is 419 g/mol. The molecule has 0 aromatic carbocycles. The number of carbonyl (C=O) groups excluding carboxylic acids is 2. The van der Waals surface area contributed by atoms with Crippen LogP contribution in [0.3, 0.4) is 0 Å². The smallest absolute Gasteiger partial charge is 0.331 e. The second kappa shape index (κ2) is 7.71. The molecule has 5 rings (SSSR count). The molecule has 0 atom stereocenters. The summed E-state index contributed by atoms with van der Waals surface area (Å²) in [6.07, 6.45) is 8.83. The highest BCUT2D eigenvalue weighted by Crippen LogP contribution is 2.30. The minimum absolute atomic E-state index is 0.234. The van der Waals surface area contributed by atoms with Crippen molar-refractivity contribution in [3.8, 4) is 22.8 Å². The SMILES string of the molecule is Cn1cc(-c2cc(Oc3ccc(NC(=O)N4CCN(C5CC5)C4=O)nc3)ccn2)cn1. The van der Waals surface area contributed by atoms with Gasteiger partial charge in [-0.3, -0.25) is 15.0 Å². The number of anilines is 1. The summed E-state index contributed by atoms with van der Waals surface area (Å²) >= 11 is 0. The molecule has 10 heteroatoms. The number of ether oxygens (including phenoxy) is 1. The van der Waals surface area contributed by atoms with Gasteiger partial charge in [0.1, 0.15) is 17.3 Å². The summed E-state index contributed by atoms with van der Waals surface area (Å²) in [5.41, 5.74) is 1.64. The maximum absolute atomic E-state index is 12.4. The van der Waals surface area contributed by atoms with Gasteiger partial charge in [0.25, 0.3) is 0 Å². The first-order valence-electron chi connectivity index (χ1n) is 10.0. The van der Waals surface area contributed by atoms with E-state index >= 15 is 0 Å². The minimum Gasteiger partial charge on any atom is -0.456 e. The fourth-order valence-corrected chi connectivity index (χ4v) is 3.48. The van der Waals surface area contributed by atoms with E-state index in [1.807, 2.05) is 19.3 Å². The van der Waals surface area contributed by atoms with Crippen molar-refractivity contribution in [1.82, 2.24) is 29.5 Å². The molecule has 2 aliphatic rings. The molecule has 2 fully saturated rings. The van der Waals surface area contributed by atoms with Crippen molar-refractivity contribution >= 4 is 17.9 Å². The molecule has 0 radical (unpaired) electrons. The Bertz CT molecular complexity index is 1120. The van der Waals surface area contributed by atoms with E-state index in [1.165, 1.54) is 11.1 Å². The van der Waals surface area contributed by atoms with Crippen LogP contribution in [0.1, 0.15) is 12.8 Å². The van der Waals surface area contributed by atoms with Crippen molar-refractivity contribution in [3.05, 3.63) is 49.1 Å². The van der Waals surface area contributed by atoms with Crippen molar-refractivity contribution in [2.24, 2.45) is 7.05 Å². The normalized spacial score (nSPS) is 16.0. The molecule has 0 unspecified atom stereocenters. The second-order valence-corrected chi connectivity index (χ2v) is 7.55. The fourth-order valence-electron chi connectivity index (χ4n) is 3.48. The Morgan fingerprint density at radius 3 is 2.71 bits per heavy atom. The average molecular weight is 419 g/mol. The molecule has 10 nitrogen and oxygen atoms in total. The van der Waals surface area contributed by atoms with Crippen molar-refractivity contribution < 1.29 is 14.3 Å². The number of nitrogens with one attached hydrogen (secondary N) is 1.